The number of carbonyl (C=O) groups excluding carboxylic acids is 1. The monoisotopic (exact) mass is 349 g/mol. The molecule has 0 saturated carbocycles. The summed E-state index contributed by atoms with van der Waals surface area (Å²) < 4.78 is 15.7. The molecule has 2 aromatic rings. The van der Waals surface area contributed by atoms with Crippen LogP contribution in [0.5, 0.6) is 11.5 Å². The topological polar surface area (TPSA) is 48.0 Å². The maximum atomic E-state index is 12.0. The van der Waals surface area contributed by atoms with Gasteiger partial charge in [-0.25, -0.2) is 4.79 Å². The Bertz CT molecular complexity index is 675. The van der Waals surface area contributed by atoms with Crippen molar-refractivity contribution >= 4 is 23.4 Å². The Morgan fingerprint density at radius 1 is 1.17 bits per heavy atom. The summed E-state index contributed by atoms with van der Waals surface area (Å²) in [4.78, 5) is 13.9. The highest BCUT2D eigenvalue weighted by molar-refractivity contribution is 6.30. The van der Waals surface area contributed by atoms with Gasteiger partial charge in [0, 0.05) is 23.3 Å². The van der Waals surface area contributed by atoms with Gasteiger partial charge < -0.3 is 19.1 Å². The smallest absolute Gasteiger partial charge is 0.497 e. The van der Waals surface area contributed by atoms with E-state index in [1.807, 2.05) is 36.1 Å². The molecule has 0 bridgehead atoms. The van der Waals surface area contributed by atoms with Gasteiger partial charge in [-0.05, 0) is 50.2 Å². The molecule has 0 aliphatic rings. The molecule has 0 heterocycles. The second-order valence-electron chi connectivity index (χ2n) is 5.01. The lowest BCUT2D eigenvalue weighted by Crippen LogP contribution is -2.37. The van der Waals surface area contributed by atoms with Crippen molar-refractivity contribution in [2.24, 2.45) is 0 Å². The van der Waals surface area contributed by atoms with E-state index in [1.54, 1.807) is 38.3 Å². The van der Waals surface area contributed by atoms with Gasteiger partial charge in [0.25, 0.3) is 0 Å². The van der Waals surface area contributed by atoms with Crippen LogP contribution in [-0.4, -0.2) is 26.0 Å². The van der Waals surface area contributed by atoms with E-state index in [2.05, 4.69) is 0 Å². The van der Waals surface area contributed by atoms with Crippen molar-refractivity contribution < 1.29 is 19.0 Å². The molecule has 2 rings (SSSR count). The van der Waals surface area contributed by atoms with Crippen molar-refractivity contribution in [3.05, 3.63) is 53.6 Å². The molecule has 0 aliphatic heterocycles. The molecule has 2 aromatic carbocycles. The van der Waals surface area contributed by atoms with Crippen LogP contribution in [0.1, 0.15) is 13.8 Å². The van der Waals surface area contributed by atoms with Crippen LogP contribution in [0.3, 0.4) is 0 Å². The maximum Gasteiger partial charge on any atom is 0.515 e. The Morgan fingerprint density at radius 2 is 1.88 bits per heavy atom. The van der Waals surface area contributed by atoms with E-state index in [9.17, 15) is 4.79 Å². The Labute approximate surface area is 146 Å². The molecule has 0 radical (unpaired) electrons. The first kappa shape index (κ1) is 17.9. The zero-order chi connectivity index (χ0) is 17.5. The first-order valence-electron chi connectivity index (χ1n) is 7.58. The van der Waals surface area contributed by atoms with E-state index in [1.165, 1.54) is 0 Å². The predicted octanol–water partition coefficient (Wildman–Crippen LogP) is 4.74. The lowest BCUT2D eigenvalue weighted by atomic mass is 10.2. The highest BCUT2D eigenvalue weighted by Gasteiger charge is 2.19. The largest absolute Gasteiger partial charge is 0.515 e. The summed E-state index contributed by atoms with van der Waals surface area (Å²) in [5.74, 6) is 1.11. The third-order valence-corrected chi connectivity index (χ3v) is 3.70. The fourth-order valence-corrected chi connectivity index (χ4v) is 2.39. The molecular formula is C18H20ClNO4. The van der Waals surface area contributed by atoms with Crippen LogP contribution in [0.2, 0.25) is 5.02 Å². The van der Waals surface area contributed by atoms with Gasteiger partial charge in [-0.2, -0.15) is 0 Å². The van der Waals surface area contributed by atoms with Crippen molar-refractivity contribution in [3.63, 3.8) is 0 Å². The summed E-state index contributed by atoms with van der Waals surface area (Å²) in [7, 11) is 1.61. The number of methoxy groups -OCH3 is 1. The number of ether oxygens (including phenoxy) is 3. The molecule has 0 N–H and O–H groups in total. The molecule has 0 aliphatic carbocycles. The Balaban J connectivity index is 2.01. The van der Waals surface area contributed by atoms with Gasteiger partial charge >= 0.3 is 6.16 Å². The molecule has 0 aromatic heterocycles. The minimum atomic E-state index is -0.772. The summed E-state index contributed by atoms with van der Waals surface area (Å²) in [5.41, 5.74) is 0.892. The van der Waals surface area contributed by atoms with E-state index in [-0.39, 0.29) is 0 Å². The van der Waals surface area contributed by atoms with Crippen molar-refractivity contribution in [3.8, 4) is 11.5 Å². The Kier molecular flexibility index (Phi) is 6.32. The second kappa shape index (κ2) is 8.45. The zero-order valence-corrected chi connectivity index (χ0v) is 14.6. The number of halogens is 1. The first-order valence-corrected chi connectivity index (χ1v) is 7.96. The highest BCUT2D eigenvalue weighted by atomic mass is 35.5. The number of hydrogen-bond donors (Lipinski definition) is 0. The predicted molar refractivity (Wildman–Crippen MR) is 94.0 cm³/mol. The molecule has 6 heteroatoms. The number of benzene rings is 2. The SMILES string of the molecule is CCN(c1cccc(OC)c1)C(C)OC(=O)Oc1ccc(Cl)cc1. The van der Waals surface area contributed by atoms with Gasteiger partial charge in [0.1, 0.15) is 11.5 Å². The average molecular weight is 350 g/mol. The van der Waals surface area contributed by atoms with E-state index >= 15 is 0 Å². The third kappa shape index (κ3) is 4.80. The van der Waals surface area contributed by atoms with E-state index in [0.717, 1.165) is 11.4 Å². The summed E-state index contributed by atoms with van der Waals surface area (Å²) in [6, 6.07) is 14.0. The van der Waals surface area contributed by atoms with Crippen LogP contribution < -0.4 is 14.4 Å². The van der Waals surface area contributed by atoms with Gasteiger partial charge in [0.2, 0.25) is 0 Å². The Morgan fingerprint density at radius 3 is 2.50 bits per heavy atom. The molecule has 1 unspecified atom stereocenters. The van der Waals surface area contributed by atoms with Gasteiger partial charge in [0.15, 0.2) is 6.23 Å². The molecule has 0 saturated heterocycles. The van der Waals surface area contributed by atoms with Gasteiger partial charge in [-0.3, -0.25) is 0 Å². The maximum absolute atomic E-state index is 12.0. The highest BCUT2D eigenvalue weighted by Crippen LogP contribution is 2.23. The molecule has 128 valence electrons. The molecular weight excluding hydrogens is 330 g/mol. The van der Waals surface area contributed by atoms with Gasteiger partial charge in [-0.15, -0.1) is 0 Å². The van der Waals surface area contributed by atoms with Crippen LogP contribution in [0.4, 0.5) is 10.5 Å². The van der Waals surface area contributed by atoms with E-state index < -0.39 is 12.4 Å². The third-order valence-electron chi connectivity index (χ3n) is 3.45. The summed E-state index contributed by atoms with van der Waals surface area (Å²) in [5, 5.41) is 0.569. The van der Waals surface area contributed by atoms with Crippen molar-refractivity contribution in [2.75, 3.05) is 18.6 Å². The minimum absolute atomic E-state index is 0.376. The molecule has 0 fully saturated rings. The lowest BCUT2D eigenvalue weighted by Gasteiger charge is -2.29. The fourth-order valence-electron chi connectivity index (χ4n) is 2.26. The van der Waals surface area contributed by atoms with Crippen LogP contribution in [0.25, 0.3) is 0 Å². The molecule has 0 amide bonds. The van der Waals surface area contributed by atoms with Crippen LogP contribution in [0.15, 0.2) is 48.5 Å². The summed E-state index contributed by atoms with van der Waals surface area (Å²) in [6.45, 7) is 4.42. The second-order valence-corrected chi connectivity index (χ2v) is 5.45. The molecule has 1 atom stereocenters. The Hall–Kier alpha value is -2.40. The summed E-state index contributed by atoms with van der Waals surface area (Å²) >= 11 is 5.80. The van der Waals surface area contributed by atoms with E-state index in [4.69, 9.17) is 25.8 Å². The minimum Gasteiger partial charge on any atom is -0.497 e. The lowest BCUT2D eigenvalue weighted by molar-refractivity contribution is 0.0645. The first-order chi connectivity index (χ1) is 11.5. The number of hydrogen-bond acceptors (Lipinski definition) is 5. The van der Waals surface area contributed by atoms with Crippen LogP contribution in [-0.2, 0) is 4.74 Å². The van der Waals surface area contributed by atoms with Crippen molar-refractivity contribution in [1.82, 2.24) is 0 Å². The standard InChI is InChI=1S/C18H20ClNO4/c1-4-20(15-6-5-7-17(12-15)22-3)13(2)23-18(21)24-16-10-8-14(19)9-11-16/h5-13H,4H2,1-3H3. The van der Waals surface area contributed by atoms with Crippen LogP contribution >= 0.6 is 11.6 Å². The average Bonchev–Trinajstić information content (AvgIpc) is 2.57. The molecule has 24 heavy (non-hydrogen) atoms. The number of carbonyl (C=O) groups is 1. The number of anilines is 1. The quantitative estimate of drug-likeness (QED) is 0.428. The molecule has 0 spiro atoms. The van der Waals surface area contributed by atoms with E-state index in [0.29, 0.717) is 17.3 Å². The number of rotatable bonds is 6. The van der Waals surface area contributed by atoms with Gasteiger partial charge in [0.05, 0.1) is 7.11 Å². The van der Waals surface area contributed by atoms with Crippen molar-refractivity contribution in [2.45, 2.75) is 20.1 Å². The molecule has 5 nitrogen and oxygen atoms in total. The fraction of sp³-hybridized carbons (Fsp3) is 0.278. The number of nitrogens with zero attached hydrogens (tertiary/aromatic N) is 1. The van der Waals surface area contributed by atoms with Crippen LogP contribution in [0, 0.1) is 0 Å². The van der Waals surface area contributed by atoms with Gasteiger partial charge in [-0.1, -0.05) is 17.7 Å². The summed E-state index contributed by atoms with van der Waals surface area (Å²) in [6.07, 6.45) is -1.27. The zero-order valence-electron chi connectivity index (χ0n) is 13.9. The normalized spacial score (nSPS) is 11.5. The van der Waals surface area contributed by atoms with Crippen molar-refractivity contribution in [1.29, 1.82) is 0 Å².